The van der Waals surface area contributed by atoms with Crippen molar-refractivity contribution in [1.29, 1.82) is 0 Å². The minimum absolute atomic E-state index is 1.28. The molecule has 0 aliphatic carbocycles. The van der Waals surface area contributed by atoms with Crippen molar-refractivity contribution < 1.29 is 4.32 Å². The number of rotatable bonds is 0. The lowest BCUT2D eigenvalue weighted by Crippen LogP contribution is -1.57. The van der Waals surface area contributed by atoms with Crippen LogP contribution in [0.25, 0.3) is 10.8 Å². The molecule has 6 heteroatoms. The van der Waals surface area contributed by atoms with E-state index in [4.69, 9.17) is 4.32 Å². The molecule has 2 radical (unpaired) electrons. The number of hydrogen-bond donors (Lipinski definition) is 4. The van der Waals surface area contributed by atoms with E-state index >= 15 is 0 Å². The minimum Gasteiger partial charge on any atom is -0.368 e. The predicted octanol–water partition coefficient (Wildman–Crippen LogP) is 5.25. The lowest BCUT2D eigenvalue weighted by molar-refractivity contribution is 0.902. The average molecular weight is 348 g/mol. The molecule has 0 amide bonds. The second-order valence-electron chi connectivity index (χ2n) is 4.74. The summed E-state index contributed by atoms with van der Waals surface area (Å²) in [6, 6.07) is 19.9. The van der Waals surface area contributed by atoms with Crippen molar-refractivity contribution in [2.24, 2.45) is 0 Å². The number of aromatic amines is 4. The van der Waals surface area contributed by atoms with Gasteiger partial charge in [-0.05, 0) is 47.2 Å². The maximum atomic E-state index is 9.00. The van der Waals surface area contributed by atoms with Crippen LogP contribution in [-0.4, -0.2) is 28.1 Å². The fraction of sp³-hybridized carbons (Fsp3) is 0. The van der Waals surface area contributed by atoms with E-state index in [1.807, 2.05) is 98.1 Å². The summed E-state index contributed by atoms with van der Waals surface area (Å²) < 4.78 is 9.00. The Labute approximate surface area is 154 Å². The first-order chi connectivity index (χ1) is 13.0. The number of hydrogen-bond acceptors (Lipinski definition) is 0. The zero-order chi connectivity index (χ0) is 18.7. The fourth-order valence-electron chi connectivity index (χ4n) is 1.83. The molecular weight excluding hydrogens is 326 g/mol. The van der Waals surface area contributed by atoms with Crippen LogP contribution in [-0.2, 0) is 0 Å². The monoisotopic (exact) mass is 348 g/mol. The minimum atomic E-state index is 1.28. The van der Waals surface area contributed by atoms with Crippen LogP contribution in [0.3, 0.4) is 0 Å². The van der Waals surface area contributed by atoms with Crippen LogP contribution in [0.2, 0.25) is 0 Å². The molecule has 1 aromatic carbocycles. The maximum Gasteiger partial charge on any atom is 0.350 e. The van der Waals surface area contributed by atoms with Crippen molar-refractivity contribution in [3.63, 3.8) is 0 Å². The molecule has 0 bridgehead atoms. The molecule has 5 aromatic rings. The van der Waals surface area contributed by atoms with Gasteiger partial charge in [-0.2, -0.15) is 0 Å². The molecule has 0 atom stereocenters. The maximum absolute atomic E-state index is 9.00. The Kier molecular flexibility index (Phi) is 12.0. The third-order valence-electron chi connectivity index (χ3n) is 2.96. The SMILES string of the molecule is [B]F.c1cc[nH]c1.c1cc[nH]c1.c1cc[nH]c1.c1ccc2c[nH]cc2c1. The number of aromatic nitrogens is 4. The van der Waals surface area contributed by atoms with Gasteiger partial charge in [-0.15, -0.1) is 0 Å². The van der Waals surface area contributed by atoms with E-state index in [1.165, 1.54) is 10.8 Å². The highest BCUT2D eigenvalue weighted by atomic mass is 19.1. The van der Waals surface area contributed by atoms with Gasteiger partial charge in [0.15, 0.2) is 0 Å². The van der Waals surface area contributed by atoms with Gasteiger partial charge in [0.05, 0.1) is 0 Å². The molecule has 4 heterocycles. The molecule has 5 rings (SSSR count). The Hall–Kier alpha value is -3.41. The molecule has 0 unspecified atom stereocenters. The van der Waals surface area contributed by atoms with Gasteiger partial charge >= 0.3 is 8.12 Å². The van der Waals surface area contributed by atoms with Crippen LogP contribution in [0.1, 0.15) is 0 Å². The summed E-state index contributed by atoms with van der Waals surface area (Å²) in [6.07, 6.45) is 15.2. The molecule has 4 nitrogen and oxygen atoms in total. The van der Waals surface area contributed by atoms with E-state index in [9.17, 15) is 0 Å². The first-order valence-electron chi connectivity index (χ1n) is 7.93. The van der Waals surface area contributed by atoms with Crippen molar-refractivity contribution in [1.82, 2.24) is 19.9 Å². The Morgan fingerprint density at radius 1 is 0.462 bits per heavy atom. The number of H-pyrrole nitrogens is 4. The summed E-state index contributed by atoms with van der Waals surface area (Å²) in [4.78, 5) is 11.6. The van der Waals surface area contributed by atoms with Gasteiger partial charge in [-0.1, -0.05) is 24.3 Å². The highest BCUT2D eigenvalue weighted by Gasteiger charge is 1.86. The molecule has 26 heavy (non-hydrogen) atoms. The number of benzene rings is 1. The van der Waals surface area contributed by atoms with Gasteiger partial charge in [-0.25, -0.2) is 0 Å². The zero-order valence-electron chi connectivity index (χ0n) is 14.3. The van der Waals surface area contributed by atoms with Gasteiger partial charge < -0.3 is 24.3 Å². The van der Waals surface area contributed by atoms with Crippen molar-refractivity contribution in [3.8, 4) is 0 Å². The normalized spacial score (nSPS) is 8.35. The van der Waals surface area contributed by atoms with Crippen LogP contribution in [0, 0.1) is 0 Å². The highest BCUT2D eigenvalue weighted by molar-refractivity contribution is 5.96. The first kappa shape index (κ1) is 20.6. The standard InChI is InChI=1S/C8H7N.3C4H5N.BF/c1-2-4-8-6-9-5-7(8)3-1;3*1-2-4-5-3-1;1-2/h1-6,9H;3*1-5H;. The highest BCUT2D eigenvalue weighted by Crippen LogP contribution is 2.10. The third-order valence-corrected chi connectivity index (χ3v) is 2.96. The summed E-state index contributed by atoms with van der Waals surface area (Å²) in [5.41, 5.74) is 0. The lowest BCUT2D eigenvalue weighted by atomic mass is 10.2. The Balaban J connectivity index is 0.000000175. The summed E-state index contributed by atoms with van der Waals surface area (Å²) >= 11 is 0. The van der Waals surface area contributed by atoms with E-state index in [1.54, 1.807) is 0 Å². The molecule has 0 fully saturated rings. The molecule has 0 aliphatic heterocycles. The predicted molar refractivity (Wildman–Crippen MR) is 108 cm³/mol. The van der Waals surface area contributed by atoms with E-state index in [-0.39, 0.29) is 0 Å². The first-order valence-corrected chi connectivity index (χ1v) is 7.93. The number of nitrogens with one attached hydrogen (secondary N) is 4. The molecule has 0 aliphatic rings. The Morgan fingerprint density at radius 3 is 1.00 bits per heavy atom. The van der Waals surface area contributed by atoms with Crippen LogP contribution >= 0.6 is 0 Å². The molecule has 4 aromatic heterocycles. The van der Waals surface area contributed by atoms with Gasteiger partial charge in [0, 0.05) is 49.6 Å². The van der Waals surface area contributed by atoms with E-state index in [0.29, 0.717) is 0 Å². The lowest BCUT2D eigenvalue weighted by Gasteiger charge is -1.81. The second kappa shape index (κ2) is 15.1. The van der Waals surface area contributed by atoms with Crippen LogP contribution in [0.5, 0.6) is 0 Å². The molecule has 132 valence electrons. The third kappa shape index (κ3) is 9.67. The van der Waals surface area contributed by atoms with Crippen LogP contribution < -0.4 is 0 Å². The van der Waals surface area contributed by atoms with Crippen molar-refractivity contribution >= 4 is 18.9 Å². The number of fused-ring (bicyclic) bond motifs is 1. The summed E-state index contributed by atoms with van der Waals surface area (Å²) in [7, 11) is 3.00. The summed E-state index contributed by atoms with van der Waals surface area (Å²) in [5, 5.41) is 2.55. The Morgan fingerprint density at radius 2 is 0.769 bits per heavy atom. The quantitative estimate of drug-likeness (QED) is 0.276. The van der Waals surface area contributed by atoms with Gasteiger partial charge in [0.1, 0.15) is 0 Å². The molecule has 0 saturated carbocycles. The van der Waals surface area contributed by atoms with Crippen molar-refractivity contribution in [2.45, 2.75) is 0 Å². The molecular formula is C20H22BFN4. The van der Waals surface area contributed by atoms with Crippen molar-refractivity contribution in [2.75, 3.05) is 0 Å². The van der Waals surface area contributed by atoms with Crippen LogP contribution in [0.4, 0.5) is 4.32 Å². The fourth-order valence-corrected chi connectivity index (χ4v) is 1.83. The smallest absolute Gasteiger partial charge is 0.350 e. The zero-order valence-corrected chi connectivity index (χ0v) is 14.3. The van der Waals surface area contributed by atoms with E-state index < -0.39 is 0 Å². The molecule has 0 spiro atoms. The molecule has 4 N–H and O–H groups in total. The van der Waals surface area contributed by atoms with Gasteiger partial charge in [-0.3, -0.25) is 0 Å². The average Bonchev–Trinajstić information content (AvgIpc) is 3.52. The van der Waals surface area contributed by atoms with E-state index in [0.717, 1.165) is 0 Å². The van der Waals surface area contributed by atoms with Gasteiger partial charge in [0.25, 0.3) is 0 Å². The van der Waals surface area contributed by atoms with E-state index in [2.05, 4.69) is 40.2 Å². The molecule has 0 saturated heterocycles. The topological polar surface area (TPSA) is 63.2 Å². The second-order valence-corrected chi connectivity index (χ2v) is 4.74. The van der Waals surface area contributed by atoms with Crippen LogP contribution in [0.15, 0.2) is 110 Å². The van der Waals surface area contributed by atoms with Crippen molar-refractivity contribution in [3.05, 3.63) is 110 Å². The largest absolute Gasteiger partial charge is 0.368 e. The van der Waals surface area contributed by atoms with Gasteiger partial charge in [0.2, 0.25) is 0 Å². The number of halogens is 1. The Bertz CT molecular complexity index is 678. The summed E-state index contributed by atoms with van der Waals surface area (Å²) in [6.45, 7) is 0. The summed E-state index contributed by atoms with van der Waals surface area (Å²) in [5.74, 6) is 0.